The van der Waals surface area contributed by atoms with Gasteiger partial charge in [0.05, 0.1) is 38.4 Å². The summed E-state index contributed by atoms with van der Waals surface area (Å²) in [6.07, 6.45) is 9.18. The molecule has 8 nitrogen and oxygen atoms in total. The summed E-state index contributed by atoms with van der Waals surface area (Å²) in [6.45, 7) is 5.80. The lowest BCUT2D eigenvalue weighted by molar-refractivity contribution is 0.143. The van der Waals surface area contributed by atoms with E-state index in [0.717, 1.165) is 61.6 Å². The summed E-state index contributed by atoms with van der Waals surface area (Å²) in [5, 5.41) is 14.1. The van der Waals surface area contributed by atoms with Crippen molar-refractivity contribution in [3.63, 3.8) is 0 Å². The number of aliphatic hydroxyl groups is 1. The Labute approximate surface area is 207 Å². The molecule has 2 aliphatic heterocycles. The second kappa shape index (κ2) is 8.10. The number of hydrogen-bond donors (Lipinski definition) is 2. The molecule has 4 aliphatic rings. The standard InChI is InChI=1S/C24H31ClN6O2S/c1-23(2)8-17-19(34(23)33)21(30-24(13-32)6-3-7-24)29-22(28-17)31-11-14-4-5-15(12-31)18(14)20-26-9-16(25)10-27-20/h9-10,14-15,18,32H,3-8,11-13H2,1-2H3,(H,28,29,30)/t14?,15?,18?,34-/m1/s1. The molecule has 2 aliphatic carbocycles. The summed E-state index contributed by atoms with van der Waals surface area (Å²) in [6, 6.07) is 0. The van der Waals surface area contributed by atoms with Crippen LogP contribution in [0.2, 0.25) is 5.02 Å². The third-order valence-electron chi connectivity index (χ3n) is 8.26. The normalized spacial score (nSPS) is 30.6. The highest BCUT2D eigenvalue weighted by Crippen LogP contribution is 2.48. The summed E-state index contributed by atoms with van der Waals surface area (Å²) < 4.78 is 13.0. The highest BCUT2D eigenvalue weighted by molar-refractivity contribution is 7.87. The van der Waals surface area contributed by atoms with Gasteiger partial charge in [0, 0.05) is 37.8 Å². The van der Waals surface area contributed by atoms with Crippen LogP contribution in [0.15, 0.2) is 17.3 Å². The van der Waals surface area contributed by atoms with Crippen molar-refractivity contribution in [1.29, 1.82) is 0 Å². The van der Waals surface area contributed by atoms with Crippen LogP contribution in [0.4, 0.5) is 11.8 Å². The first-order valence-corrected chi connectivity index (χ1v) is 13.8. The molecule has 182 valence electrons. The second-order valence-electron chi connectivity index (χ2n) is 11.1. The molecule has 2 bridgehead atoms. The molecule has 4 heterocycles. The Kier molecular flexibility index (Phi) is 5.39. The van der Waals surface area contributed by atoms with Crippen LogP contribution < -0.4 is 10.2 Å². The van der Waals surface area contributed by atoms with Gasteiger partial charge in [0.15, 0.2) is 0 Å². The average molecular weight is 503 g/mol. The molecule has 0 aromatic carbocycles. The van der Waals surface area contributed by atoms with Crippen LogP contribution in [0.1, 0.15) is 63.4 Å². The molecule has 3 atom stereocenters. The quantitative estimate of drug-likeness (QED) is 0.641. The Hall–Kier alpha value is -1.84. The first-order chi connectivity index (χ1) is 16.3. The lowest BCUT2D eigenvalue weighted by Crippen LogP contribution is -2.49. The highest BCUT2D eigenvalue weighted by Gasteiger charge is 2.47. The maximum atomic E-state index is 13.3. The van der Waals surface area contributed by atoms with E-state index in [4.69, 9.17) is 21.6 Å². The minimum atomic E-state index is -1.20. The Morgan fingerprint density at radius 2 is 1.85 bits per heavy atom. The number of aliphatic hydroxyl groups excluding tert-OH is 1. The van der Waals surface area contributed by atoms with Gasteiger partial charge in [0.1, 0.15) is 16.5 Å². The molecule has 2 aromatic rings. The Morgan fingerprint density at radius 3 is 2.44 bits per heavy atom. The van der Waals surface area contributed by atoms with E-state index >= 15 is 0 Å². The number of aromatic nitrogens is 4. The number of nitrogens with one attached hydrogen (secondary N) is 1. The first-order valence-electron chi connectivity index (χ1n) is 12.2. The van der Waals surface area contributed by atoms with Gasteiger partial charge < -0.3 is 15.3 Å². The fraction of sp³-hybridized carbons (Fsp3) is 0.667. The molecule has 0 spiro atoms. The molecule has 0 amide bonds. The Morgan fingerprint density at radius 1 is 1.18 bits per heavy atom. The zero-order valence-corrected chi connectivity index (χ0v) is 21.2. The number of hydrogen-bond acceptors (Lipinski definition) is 8. The molecule has 34 heavy (non-hydrogen) atoms. The predicted octanol–water partition coefficient (Wildman–Crippen LogP) is 3.32. The maximum absolute atomic E-state index is 13.3. The molecule has 2 saturated carbocycles. The first kappa shape index (κ1) is 22.6. The van der Waals surface area contributed by atoms with Gasteiger partial charge in [-0.25, -0.2) is 15.0 Å². The van der Waals surface area contributed by atoms with Gasteiger partial charge in [0.25, 0.3) is 0 Å². The Balaban J connectivity index is 1.32. The van der Waals surface area contributed by atoms with Crippen molar-refractivity contribution in [2.24, 2.45) is 11.8 Å². The SMILES string of the molecule is CC1(C)Cc2nc(N3CC4CCC(C3)C4c3ncc(Cl)cn3)nc(NC3(CO)CCC3)c2[S@]1=O. The highest BCUT2D eigenvalue weighted by atomic mass is 35.5. The maximum Gasteiger partial charge on any atom is 0.227 e. The van der Waals surface area contributed by atoms with Crippen molar-refractivity contribution in [2.75, 3.05) is 29.9 Å². The number of anilines is 2. The molecule has 10 heteroatoms. The van der Waals surface area contributed by atoms with Crippen LogP contribution in [0.3, 0.4) is 0 Å². The van der Waals surface area contributed by atoms with E-state index in [-0.39, 0.29) is 16.9 Å². The number of nitrogens with zero attached hydrogens (tertiary/aromatic N) is 5. The van der Waals surface area contributed by atoms with Crippen molar-refractivity contribution in [2.45, 2.75) is 73.5 Å². The van der Waals surface area contributed by atoms with Crippen molar-refractivity contribution < 1.29 is 9.32 Å². The van der Waals surface area contributed by atoms with E-state index in [1.165, 1.54) is 0 Å². The van der Waals surface area contributed by atoms with E-state index in [1.54, 1.807) is 12.4 Å². The molecule has 2 unspecified atom stereocenters. The topological polar surface area (TPSA) is 104 Å². The molecule has 2 N–H and O–H groups in total. The van der Waals surface area contributed by atoms with Crippen molar-refractivity contribution in [1.82, 2.24) is 19.9 Å². The number of halogens is 1. The van der Waals surface area contributed by atoms with E-state index < -0.39 is 10.8 Å². The predicted molar refractivity (Wildman–Crippen MR) is 132 cm³/mol. The fourth-order valence-corrected chi connectivity index (χ4v) is 7.77. The van der Waals surface area contributed by atoms with Gasteiger partial charge in [-0.15, -0.1) is 0 Å². The van der Waals surface area contributed by atoms with Crippen LogP contribution in [0.5, 0.6) is 0 Å². The molecular weight excluding hydrogens is 472 g/mol. The minimum Gasteiger partial charge on any atom is -0.394 e. The minimum absolute atomic E-state index is 0.0494. The molecular formula is C24H31ClN6O2S. The Bertz CT molecular complexity index is 1120. The van der Waals surface area contributed by atoms with E-state index in [0.29, 0.717) is 41.0 Å². The molecule has 0 radical (unpaired) electrons. The monoisotopic (exact) mass is 502 g/mol. The van der Waals surface area contributed by atoms with Crippen LogP contribution in [0, 0.1) is 11.8 Å². The molecule has 6 rings (SSSR count). The second-order valence-corrected chi connectivity index (χ2v) is 13.5. The van der Waals surface area contributed by atoms with Gasteiger partial charge in [-0.2, -0.15) is 4.98 Å². The lowest BCUT2D eigenvalue weighted by Gasteiger charge is -2.42. The van der Waals surface area contributed by atoms with Crippen LogP contribution in [0.25, 0.3) is 0 Å². The van der Waals surface area contributed by atoms with Crippen molar-refractivity contribution >= 4 is 34.2 Å². The smallest absolute Gasteiger partial charge is 0.227 e. The van der Waals surface area contributed by atoms with Crippen LogP contribution in [-0.4, -0.2) is 59.2 Å². The molecule has 2 aromatic heterocycles. The molecule has 3 fully saturated rings. The van der Waals surface area contributed by atoms with E-state index in [9.17, 15) is 9.32 Å². The largest absolute Gasteiger partial charge is 0.394 e. The van der Waals surface area contributed by atoms with Crippen molar-refractivity contribution in [3.05, 3.63) is 28.9 Å². The van der Waals surface area contributed by atoms with Crippen LogP contribution >= 0.6 is 11.6 Å². The van der Waals surface area contributed by atoms with Gasteiger partial charge >= 0.3 is 0 Å². The number of fused-ring (bicyclic) bond motifs is 3. The lowest BCUT2D eigenvalue weighted by atomic mass is 9.77. The summed E-state index contributed by atoms with van der Waals surface area (Å²) in [4.78, 5) is 22.0. The average Bonchev–Trinajstić information content (AvgIpc) is 3.18. The third-order valence-corrected chi connectivity index (χ3v) is 10.4. The third kappa shape index (κ3) is 3.62. The van der Waals surface area contributed by atoms with E-state index in [2.05, 4.69) is 20.2 Å². The van der Waals surface area contributed by atoms with Crippen LogP contribution in [-0.2, 0) is 17.2 Å². The van der Waals surface area contributed by atoms with Gasteiger partial charge in [-0.1, -0.05) is 11.6 Å². The summed E-state index contributed by atoms with van der Waals surface area (Å²) in [7, 11) is -1.20. The zero-order valence-electron chi connectivity index (χ0n) is 19.6. The molecule has 1 saturated heterocycles. The summed E-state index contributed by atoms with van der Waals surface area (Å²) in [5.41, 5.74) is 0.507. The van der Waals surface area contributed by atoms with E-state index in [1.807, 2.05) is 13.8 Å². The summed E-state index contributed by atoms with van der Waals surface area (Å²) in [5.74, 6) is 3.45. The van der Waals surface area contributed by atoms with Gasteiger partial charge in [-0.3, -0.25) is 4.21 Å². The zero-order chi connectivity index (χ0) is 23.7. The fourth-order valence-electron chi connectivity index (χ4n) is 6.25. The summed E-state index contributed by atoms with van der Waals surface area (Å²) >= 11 is 6.01. The van der Waals surface area contributed by atoms with Crippen molar-refractivity contribution in [3.8, 4) is 0 Å². The van der Waals surface area contributed by atoms with Gasteiger partial charge in [0.2, 0.25) is 5.95 Å². The number of rotatable bonds is 5. The van der Waals surface area contributed by atoms with Gasteiger partial charge in [-0.05, 0) is 57.8 Å². The number of piperidine rings is 1.